The topological polar surface area (TPSA) is 29.1 Å². The minimum absolute atomic E-state index is 0.0528. The van der Waals surface area contributed by atoms with Gasteiger partial charge < -0.3 is 5.32 Å². The predicted molar refractivity (Wildman–Crippen MR) is 92.1 cm³/mol. The van der Waals surface area contributed by atoms with Gasteiger partial charge >= 0.3 is 0 Å². The molecule has 0 aliphatic carbocycles. The monoisotopic (exact) mass is 289 g/mol. The highest BCUT2D eigenvalue weighted by molar-refractivity contribution is 5.91. The van der Waals surface area contributed by atoms with Crippen LogP contribution in [0.25, 0.3) is 10.8 Å². The van der Waals surface area contributed by atoms with Crippen molar-refractivity contribution in [3.05, 3.63) is 77.9 Å². The molecule has 0 spiro atoms. The molecule has 0 unspecified atom stereocenters. The Morgan fingerprint density at radius 3 is 2.41 bits per heavy atom. The second kappa shape index (κ2) is 6.44. The number of benzene rings is 3. The van der Waals surface area contributed by atoms with Crippen LogP contribution < -0.4 is 5.32 Å². The van der Waals surface area contributed by atoms with Crippen LogP contribution in [0.15, 0.2) is 66.7 Å². The van der Waals surface area contributed by atoms with Gasteiger partial charge in [0.05, 0.1) is 0 Å². The molecule has 0 heterocycles. The summed E-state index contributed by atoms with van der Waals surface area (Å²) in [5.74, 6) is 0.0528. The van der Waals surface area contributed by atoms with Gasteiger partial charge in [-0.25, -0.2) is 0 Å². The molecule has 0 aliphatic heterocycles. The van der Waals surface area contributed by atoms with Gasteiger partial charge in [-0.05, 0) is 41.8 Å². The van der Waals surface area contributed by atoms with E-state index in [1.807, 2.05) is 43.3 Å². The summed E-state index contributed by atoms with van der Waals surface area (Å²) in [5.41, 5.74) is 3.24. The Balaban J connectivity index is 1.60. The second-order valence-electron chi connectivity index (χ2n) is 5.60. The molecule has 3 rings (SSSR count). The van der Waals surface area contributed by atoms with Crippen LogP contribution in [-0.4, -0.2) is 5.91 Å². The zero-order chi connectivity index (χ0) is 15.4. The fourth-order valence-electron chi connectivity index (χ4n) is 2.51. The molecule has 0 saturated carbocycles. The predicted octanol–water partition coefficient (Wildman–Crippen LogP) is 4.72. The van der Waals surface area contributed by atoms with E-state index in [0.717, 1.165) is 12.1 Å². The van der Waals surface area contributed by atoms with Crippen LogP contribution in [0.5, 0.6) is 0 Å². The molecule has 1 amide bonds. The normalized spacial score (nSPS) is 10.6. The molecule has 2 nitrogen and oxygen atoms in total. The first-order valence-corrected chi connectivity index (χ1v) is 7.55. The Kier molecular flexibility index (Phi) is 4.19. The molecule has 0 radical (unpaired) electrons. The summed E-state index contributed by atoms with van der Waals surface area (Å²) in [5, 5.41) is 5.39. The maximum Gasteiger partial charge on any atom is 0.224 e. The van der Waals surface area contributed by atoms with Crippen molar-refractivity contribution in [3.8, 4) is 0 Å². The minimum atomic E-state index is 0.0528. The molecule has 0 atom stereocenters. The number of carbonyl (C=O) groups is 1. The lowest BCUT2D eigenvalue weighted by molar-refractivity contribution is -0.116. The van der Waals surface area contributed by atoms with E-state index in [1.54, 1.807) is 0 Å². The smallest absolute Gasteiger partial charge is 0.224 e. The van der Waals surface area contributed by atoms with E-state index in [9.17, 15) is 4.79 Å². The highest BCUT2D eigenvalue weighted by atomic mass is 16.1. The highest BCUT2D eigenvalue weighted by Gasteiger charge is 2.04. The molecule has 2 heteroatoms. The molecule has 110 valence electrons. The lowest BCUT2D eigenvalue weighted by Crippen LogP contribution is -2.12. The van der Waals surface area contributed by atoms with E-state index in [4.69, 9.17) is 0 Å². The first-order valence-electron chi connectivity index (χ1n) is 7.55. The molecule has 0 saturated heterocycles. The van der Waals surface area contributed by atoms with Crippen LogP contribution >= 0.6 is 0 Å². The molecule has 3 aromatic rings. The zero-order valence-electron chi connectivity index (χ0n) is 12.7. The van der Waals surface area contributed by atoms with Crippen molar-refractivity contribution < 1.29 is 4.79 Å². The molecular weight excluding hydrogens is 270 g/mol. The van der Waals surface area contributed by atoms with E-state index in [2.05, 4.69) is 35.6 Å². The Labute approximate surface area is 130 Å². The van der Waals surface area contributed by atoms with E-state index < -0.39 is 0 Å². The Hall–Kier alpha value is -2.61. The van der Waals surface area contributed by atoms with Crippen LogP contribution in [0, 0.1) is 6.92 Å². The molecule has 1 N–H and O–H groups in total. The summed E-state index contributed by atoms with van der Waals surface area (Å²) in [6.07, 6.45) is 1.24. The average Bonchev–Trinajstić information content (AvgIpc) is 2.55. The number of rotatable bonds is 4. The fourth-order valence-corrected chi connectivity index (χ4v) is 2.51. The molecule has 22 heavy (non-hydrogen) atoms. The Morgan fingerprint density at radius 1 is 0.909 bits per heavy atom. The van der Waals surface area contributed by atoms with E-state index in [1.165, 1.54) is 21.9 Å². The lowest BCUT2D eigenvalue weighted by atomic mass is 10.0. The van der Waals surface area contributed by atoms with Gasteiger partial charge in [-0.1, -0.05) is 60.2 Å². The quantitative estimate of drug-likeness (QED) is 0.740. The fraction of sp³-hybridized carbons (Fsp3) is 0.150. The number of fused-ring (bicyclic) bond motifs is 1. The van der Waals surface area contributed by atoms with Crippen LogP contribution in [-0.2, 0) is 11.2 Å². The highest BCUT2D eigenvalue weighted by Crippen LogP contribution is 2.17. The van der Waals surface area contributed by atoms with Crippen molar-refractivity contribution in [2.24, 2.45) is 0 Å². The van der Waals surface area contributed by atoms with E-state index in [-0.39, 0.29) is 5.91 Å². The molecule has 0 bridgehead atoms. The van der Waals surface area contributed by atoms with Gasteiger partial charge in [0.2, 0.25) is 5.91 Å². The van der Waals surface area contributed by atoms with Gasteiger partial charge in [0.25, 0.3) is 0 Å². The van der Waals surface area contributed by atoms with E-state index in [0.29, 0.717) is 6.42 Å². The van der Waals surface area contributed by atoms with Crippen molar-refractivity contribution in [2.75, 3.05) is 5.32 Å². The van der Waals surface area contributed by atoms with E-state index >= 15 is 0 Å². The van der Waals surface area contributed by atoms with Crippen molar-refractivity contribution in [2.45, 2.75) is 19.8 Å². The van der Waals surface area contributed by atoms with Gasteiger partial charge in [0.15, 0.2) is 0 Å². The standard InChI is InChI=1S/C20H19NO/c1-15-6-11-19(12-7-15)21-20(22)13-9-16-8-10-17-4-2-3-5-18(17)14-16/h2-8,10-12,14H,9,13H2,1H3,(H,21,22). The molecule has 3 aromatic carbocycles. The average molecular weight is 289 g/mol. The third kappa shape index (κ3) is 3.53. The number of amides is 1. The second-order valence-corrected chi connectivity index (χ2v) is 5.60. The third-order valence-electron chi connectivity index (χ3n) is 3.79. The Morgan fingerprint density at radius 2 is 1.64 bits per heavy atom. The van der Waals surface area contributed by atoms with Crippen molar-refractivity contribution >= 4 is 22.4 Å². The van der Waals surface area contributed by atoms with Crippen LogP contribution in [0.3, 0.4) is 0 Å². The number of anilines is 1. The summed E-state index contributed by atoms with van der Waals surface area (Å²) < 4.78 is 0. The summed E-state index contributed by atoms with van der Waals surface area (Å²) in [4.78, 5) is 12.0. The van der Waals surface area contributed by atoms with Gasteiger partial charge in [0, 0.05) is 12.1 Å². The van der Waals surface area contributed by atoms with Gasteiger partial charge in [-0.2, -0.15) is 0 Å². The first-order chi connectivity index (χ1) is 10.7. The van der Waals surface area contributed by atoms with Gasteiger partial charge in [-0.15, -0.1) is 0 Å². The maximum atomic E-state index is 12.0. The van der Waals surface area contributed by atoms with Crippen LogP contribution in [0.4, 0.5) is 5.69 Å². The van der Waals surface area contributed by atoms with Crippen LogP contribution in [0.2, 0.25) is 0 Å². The van der Waals surface area contributed by atoms with Gasteiger partial charge in [0.1, 0.15) is 0 Å². The summed E-state index contributed by atoms with van der Waals surface area (Å²) in [6.45, 7) is 2.03. The largest absolute Gasteiger partial charge is 0.326 e. The summed E-state index contributed by atoms with van der Waals surface area (Å²) in [6, 6.07) is 22.5. The SMILES string of the molecule is Cc1ccc(NC(=O)CCc2ccc3ccccc3c2)cc1. The van der Waals surface area contributed by atoms with Crippen molar-refractivity contribution in [1.82, 2.24) is 0 Å². The van der Waals surface area contributed by atoms with Crippen molar-refractivity contribution in [1.29, 1.82) is 0 Å². The maximum absolute atomic E-state index is 12.0. The first kappa shape index (κ1) is 14.3. The van der Waals surface area contributed by atoms with Crippen LogP contribution in [0.1, 0.15) is 17.5 Å². The number of hydrogen-bond donors (Lipinski definition) is 1. The third-order valence-corrected chi connectivity index (χ3v) is 3.79. The number of carbonyl (C=O) groups excluding carboxylic acids is 1. The molecule has 0 fully saturated rings. The molecule has 0 aliphatic rings. The Bertz CT molecular complexity index is 790. The molecular formula is C20H19NO. The summed E-state index contributed by atoms with van der Waals surface area (Å²) in [7, 11) is 0. The zero-order valence-corrected chi connectivity index (χ0v) is 12.7. The van der Waals surface area contributed by atoms with Crippen molar-refractivity contribution in [3.63, 3.8) is 0 Å². The molecule has 0 aromatic heterocycles. The van der Waals surface area contributed by atoms with Gasteiger partial charge in [-0.3, -0.25) is 4.79 Å². The number of hydrogen-bond acceptors (Lipinski definition) is 1. The number of aryl methyl sites for hydroxylation is 2. The minimum Gasteiger partial charge on any atom is -0.326 e. The lowest BCUT2D eigenvalue weighted by Gasteiger charge is -2.06. The number of nitrogens with one attached hydrogen (secondary N) is 1. The summed E-state index contributed by atoms with van der Waals surface area (Å²) >= 11 is 0.